The summed E-state index contributed by atoms with van der Waals surface area (Å²) in [5.41, 5.74) is 0.555. The number of rotatable bonds is 5. The maximum Gasteiger partial charge on any atom is 0.405 e. The van der Waals surface area contributed by atoms with E-state index in [0.29, 0.717) is 5.56 Å². The minimum absolute atomic E-state index is 0.00134. The molecular formula is C12H14N2O4S. The van der Waals surface area contributed by atoms with Gasteiger partial charge in [0.15, 0.2) is 9.84 Å². The Balaban J connectivity index is 3.02. The second kappa shape index (κ2) is 6.20. The molecule has 0 spiro atoms. The molecule has 0 saturated carbocycles. The van der Waals surface area contributed by atoms with Gasteiger partial charge in [-0.15, -0.1) is 0 Å². The molecule has 1 atom stereocenters. The third kappa shape index (κ3) is 3.96. The summed E-state index contributed by atoms with van der Waals surface area (Å²) in [7, 11) is -3.28. The molecule has 102 valence electrons. The maximum absolute atomic E-state index is 11.6. The van der Waals surface area contributed by atoms with Crippen molar-refractivity contribution in [3.8, 4) is 6.07 Å². The van der Waals surface area contributed by atoms with E-state index in [1.54, 1.807) is 6.92 Å². The summed E-state index contributed by atoms with van der Waals surface area (Å²) in [6.45, 7) is 1.55. The fourth-order valence-corrected chi connectivity index (χ4v) is 2.45. The van der Waals surface area contributed by atoms with Gasteiger partial charge in [-0.05, 0) is 17.7 Å². The molecule has 0 bridgehead atoms. The smallest absolute Gasteiger partial charge is 0.405 e. The van der Waals surface area contributed by atoms with Crippen LogP contribution < -0.4 is 5.32 Å². The second-order valence-corrected chi connectivity index (χ2v) is 6.12. The Bertz CT molecular complexity index is 587. The molecule has 0 aliphatic rings. The molecule has 0 aliphatic carbocycles. The number of hydrogen-bond acceptors (Lipinski definition) is 4. The molecule has 0 heterocycles. The fraction of sp³-hybridized carbons (Fsp3) is 0.333. The van der Waals surface area contributed by atoms with Gasteiger partial charge in [0, 0.05) is 0 Å². The van der Waals surface area contributed by atoms with E-state index >= 15 is 0 Å². The Morgan fingerprint density at radius 3 is 2.42 bits per heavy atom. The van der Waals surface area contributed by atoms with E-state index in [4.69, 9.17) is 10.4 Å². The van der Waals surface area contributed by atoms with Gasteiger partial charge in [0.05, 0.1) is 29.2 Å². The first kappa shape index (κ1) is 15.0. The molecule has 7 heteroatoms. The lowest BCUT2D eigenvalue weighted by atomic mass is 10.0. The molecule has 1 unspecified atom stereocenters. The van der Waals surface area contributed by atoms with Gasteiger partial charge >= 0.3 is 6.09 Å². The zero-order chi connectivity index (χ0) is 14.5. The van der Waals surface area contributed by atoms with Crippen LogP contribution in [0.5, 0.6) is 0 Å². The number of amides is 1. The number of benzene rings is 1. The third-order valence-corrected chi connectivity index (χ3v) is 4.37. The molecule has 1 aromatic carbocycles. The Hall–Kier alpha value is -2.07. The molecule has 2 N–H and O–H groups in total. The van der Waals surface area contributed by atoms with Crippen LogP contribution >= 0.6 is 0 Å². The molecule has 1 rings (SSSR count). The van der Waals surface area contributed by atoms with Gasteiger partial charge in [-0.2, -0.15) is 5.26 Å². The van der Waals surface area contributed by atoms with Crippen molar-refractivity contribution in [3.05, 3.63) is 29.8 Å². The number of nitrogens with zero attached hydrogens (tertiary/aromatic N) is 1. The molecule has 0 aromatic heterocycles. The first-order valence-corrected chi connectivity index (χ1v) is 7.25. The van der Waals surface area contributed by atoms with Gasteiger partial charge in [-0.3, -0.25) is 0 Å². The van der Waals surface area contributed by atoms with Crippen LogP contribution in [0, 0.1) is 11.3 Å². The zero-order valence-corrected chi connectivity index (χ0v) is 11.1. The lowest BCUT2D eigenvalue weighted by Gasteiger charge is -2.14. The van der Waals surface area contributed by atoms with Crippen LogP contribution in [0.2, 0.25) is 0 Å². The first-order valence-electron chi connectivity index (χ1n) is 5.60. The average molecular weight is 282 g/mol. The highest BCUT2D eigenvalue weighted by Gasteiger charge is 2.16. The largest absolute Gasteiger partial charge is 0.465 e. The lowest BCUT2D eigenvalue weighted by molar-refractivity contribution is 0.190. The predicted octanol–water partition coefficient (Wildman–Crippen LogP) is 1.70. The maximum atomic E-state index is 11.6. The molecule has 0 saturated heterocycles. The van der Waals surface area contributed by atoms with Gasteiger partial charge in [-0.1, -0.05) is 19.1 Å². The SMILES string of the molecule is CCS(=O)(=O)c1ccc(C(CC#N)NC(=O)O)cc1. The lowest BCUT2D eigenvalue weighted by Crippen LogP contribution is -2.26. The molecule has 0 radical (unpaired) electrons. The average Bonchev–Trinajstić information content (AvgIpc) is 2.38. The quantitative estimate of drug-likeness (QED) is 0.854. The van der Waals surface area contributed by atoms with Crippen molar-refractivity contribution >= 4 is 15.9 Å². The Morgan fingerprint density at radius 2 is 2.00 bits per heavy atom. The molecule has 6 nitrogen and oxygen atoms in total. The minimum atomic E-state index is -3.28. The molecule has 19 heavy (non-hydrogen) atoms. The van der Waals surface area contributed by atoms with Crippen LogP contribution in [0.3, 0.4) is 0 Å². The standard InChI is InChI=1S/C12H14N2O4S/c1-2-19(17,18)10-5-3-9(4-6-10)11(7-8-13)14-12(15)16/h3-6,11,14H,2,7H2,1H3,(H,15,16). The summed E-state index contributed by atoms with van der Waals surface area (Å²) >= 11 is 0. The number of nitriles is 1. The van der Waals surface area contributed by atoms with E-state index in [1.807, 2.05) is 6.07 Å². The van der Waals surface area contributed by atoms with Crippen LogP contribution in [0.4, 0.5) is 4.79 Å². The van der Waals surface area contributed by atoms with Crippen molar-refractivity contribution in [2.75, 3.05) is 5.75 Å². The monoisotopic (exact) mass is 282 g/mol. The first-order chi connectivity index (χ1) is 8.90. The van der Waals surface area contributed by atoms with Crippen LogP contribution in [-0.4, -0.2) is 25.4 Å². The van der Waals surface area contributed by atoms with Crippen LogP contribution in [0.1, 0.15) is 24.9 Å². The summed E-state index contributed by atoms with van der Waals surface area (Å²) in [6, 6.07) is 7.08. The van der Waals surface area contributed by atoms with Gasteiger partial charge < -0.3 is 10.4 Å². The topological polar surface area (TPSA) is 107 Å². The fourth-order valence-electron chi connectivity index (χ4n) is 1.57. The minimum Gasteiger partial charge on any atom is -0.465 e. The number of carbonyl (C=O) groups is 1. The van der Waals surface area contributed by atoms with Gasteiger partial charge in [0.2, 0.25) is 0 Å². The van der Waals surface area contributed by atoms with Crippen molar-refractivity contribution < 1.29 is 18.3 Å². The van der Waals surface area contributed by atoms with E-state index in [-0.39, 0.29) is 17.1 Å². The van der Waals surface area contributed by atoms with Gasteiger partial charge in [-0.25, -0.2) is 13.2 Å². The van der Waals surface area contributed by atoms with Crippen molar-refractivity contribution in [2.24, 2.45) is 0 Å². The van der Waals surface area contributed by atoms with E-state index in [9.17, 15) is 13.2 Å². The molecule has 1 aromatic rings. The van der Waals surface area contributed by atoms with Gasteiger partial charge in [0.25, 0.3) is 0 Å². The number of sulfone groups is 1. The number of hydrogen-bond donors (Lipinski definition) is 2. The highest BCUT2D eigenvalue weighted by molar-refractivity contribution is 7.91. The molecule has 0 fully saturated rings. The summed E-state index contributed by atoms with van der Waals surface area (Å²) in [5, 5.41) is 19.5. The third-order valence-electron chi connectivity index (χ3n) is 2.61. The summed E-state index contributed by atoms with van der Waals surface area (Å²) in [5.74, 6) is 0.00134. The predicted molar refractivity (Wildman–Crippen MR) is 68.3 cm³/mol. The summed E-state index contributed by atoms with van der Waals surface area (Å²) in [4.78, 5) is 10.8. The summed E-state index contributed by atoms with van der Waals surface area (Å²) in [6.07, 6.45) is -1.25. The summed E-state index contributed by atoms with van der Waals surface area (Å²) < 4.78 is 23.2. The van der Waals surface area contributed by atoms with Crippen molar-refractivity contribution in [1.29, 1.82) is 5.26 Å². The van der Waals surface area contributed by atoms with Crippen molar-refractivity contribution in [1.82, 2.24) is 5.32 Å². The van der Waals surface area contributed by atoms with Crippen molar-refractivity contribution in [2.45, 2.75) is 24.3 Å². The van der Waals surface area contributed by atoms with Crippen molar-refractivity contribution in [3.63, 3.8) is 0 Å². The van der Waals surface area contributed by atoms with Crippen LogP contribution in [-0.2, 0) is 9.84 Å². The molecule has 0 aliphatic heterocycles. The molecular weight excluding hydrogens is 268 g/mol. The van der Waals surface area contributed by atoms with E-state index in [0.717, 1.165) is 0 Å². The Labute approximate surface area is 111 Å². The van der Waals surface area contributed by atoms with E-state index in [2.05, 4.69) is 5.32 Å². The highest BCUT2D eigenvalue weighted by Crippen LogP contribution is 2.19. The number of carboxylic acid groups (broad SMARTS) is 1. The second-order valence-electron chi connectivity index (χ2n) is 3.84. The van der Waals surface area contributed by atoms with E-state index in [1.165, 1.54) is 24.3 Å². The van der Waals surface area contributed by atoms with Crippen LogP contribution in [0.25, 0.3) is 0 Å². The zero-order valence-electron chi connectivity index (χ0n) is 10.3. The highest BCUT2D eigenvalue weighted by atomic mass is 32.2. The normalized spacial score (nSPS) is 12.4. The molecule has 1 amide bonds. The van der Waals surface area contributed by atoms with Gasteiger partial charge in [0.1, 0.15) is 0 Å². The van der Waals surface area contributed by atoms with E-state index < -0.39 is 22.0 Å². The Kier molecular flexibility index (Phi) is 4.89. The number of nitrogens with one attached hydrogen (secondary N) is 1. The Morgan fingerprint density at radius 1 is 1.42 bits per heavy atom. The van der Waals surface area contributed by atoms with Crippen LogP contribution in [0.15, 0.2) is 29.2 Å².